The van der Waals surface area contributed by atoms with E-state index >= 15 is 0 Å². The van der Waals surface area contributed by atoms with Crippen LogP contribution in [0.5, 0.6) is 5.75 Å². The first-order chi connectivity index (χ1) is 10.1. The second-order valence-corrected chi connectivity index (χ2v) is 5.84. The molecule has 106 valence electrons. The molecule has 0 unspecified atom stereocenters. The zero-order chi connectivity index (χ0) is 14.8. The third-order valence-corrected chi connectivity index (χ3v) is 4.12. The summed E-state index contributed by atoms with van der Waals surface area (Å²) in [7, 11) is 0. The van der Waals surface area contributed by atoms with Crippen molar-refractivity contribution in [2.75, 3.05) is 0 Å². The number of nitrogens with zero attached hydrogens (tertiary/aromatic N) is 3. The highest BCUT2D eigenvalue weighted by Gasteiger charge is 2.08. The summed E-state index contributed by atoms with van der Waals surface area (Å²) >= 11 is 12.6. The molecule has 0 bridgehead atoms. The Bertz CT molecular complexity index is 851. The molecule has 0 aliphatic rings. The summed E-state index contributed by atoms with van der Waals surface area (Å²) in [5.74, 6) is 0.684. The van der Waals surface area contributed by atoms with E-state index in [9.17, 15) is 5.11 Å². The second kappa shape index (κ2) is 5.80. The number of nitrogens with one attached hydrogen (secondary N) is 1. The molecule has 0 fully saturated rings. The van der Waals surface area contributed by atoms with Crippen molar-refractivity contribution < 1.29 is 5.11 Å². The molecule has 0 amide bonds. The highest BCUT2D eigenvalue weighted by Crippen LogP contribution is 2.24. The van der Waals surface area contributed by atoms with Crippen molar-refractivity contribution in [1.82, 2.24) is 14.9 Å². The number of hydrogen-bond donors (Lipinski definition) is 2. The zero-order valence-electron chi connectivity index (χ0n) is 10.5. The molecule has 2 aromatic heterocycles. The molecular formula is C13H9ClN4OS2. The van der Waals surface area contributed by atoms with E-state index in [0.717, 1.165) is 10.4 Å². The number of phenols is 1. The van der Waals surface area contributed by atoms with Gasteiger partial charge in [0, 0.05) is 0 Å². The first-order valence-corrected chi connectivity index (χ1v) is 7.56. The molecule has 2 N–H and O–H groups in total. The van der Waals surface area contributed by atoms with Crippen LogP contribution in [0.4, 0.5) is 0 Å². The van der Waals surface area contributed by atoms with Gasteiger partial charge in [-0.25, -0.2) is 5.10 Å². The number of halogens is 1. The van der Waals surface area contributed by atoms with E-state index in [1.54, 1.807) is 34.4 Å². The molecule has 1 aromatic carbocycles. The maximum atomic E-state index is 9.40. The van der Waals surface area contributed by atoms with E-state index in [1.807, 2.05) is 17.5 Å². The smallest absolute Gasteiger partial charge is 0.216 e. The molecule has 3 aromatic rings. The molecule has 0 aliphatic carbocycles. The summed E-state index contributed by atoms with van der Waals surface area (Å²) < 4.78 is 1.95. The number of benzene rings is 1. The number of aromatic hydroxyl groups is 1. The predicted molar refractivity (Wildman–Crippen MR) is 86.8 cm³/mol. The summed E-state index contributed by atoms with van der Waals surface area (Å²) in [5, 5.41) is 22.9. The van der Waals surface area contributed by atoms with Gasteiger partial charge in [-0.15, -0.1) is 11.3 Å². The lowest BCUT2D eigenvalue weighted by atomic mass is 10.2. The first kappa shape index (κ1) is 14.0. The van der Waals surface area contributed by atoms with Crippen LogP contribution in [0.2, 0.25) is 5.02 Å². The van der Waals surface area contributed by atoms with E-state index in [-0.39, 0.29) is 10.8 Å². The van der Waals surface area contributed by atoms with Gasteiger partial charge in [-0.2, -0.15) is 14.9 Å². The average Bonchev–Trinajstić information content (AvgIpc) is 3.10. The Hall–Kier alpha value is -1.96. The van der Waals surface area contributed by atoms with E-state index in [2.05, 4.69) is 15.3 Å². The molecule has 3 rings (SSSR count). The Labute approximate surface area is 134 Å². The Kier molecular flexibility index (Phi) is 3.87. The number of aromatic amines is 1. The molecule has 5 nitrogen and oxygen atoms in total. The minimum Gasteiger partial charge on any atom is -0.506 e. The van der Waals surface area contributed by atoms with Gasteiger partial charge in [-0.3, -0.25) is 0 Å². The Morgan fingerprint density at radius 1 is 1.43 bits per heavy atom. The van der Waals surface area contributed by atoms with E-state index in [1.165, 1.54) is 6.07 Å². The normalized spacial score (nSPS) is 11.3. The third kappa shape index (κ3) is 2.90. The lowest BCUT2D eigenvalue weighted by Crippen LogP contribution is -1.93. The minimum atomic E-state index is 0.0352. The lowest BCUT2D eigenvalue weighted by molar-refractivity contribution is 0.475. The Balaban J connectivity index is 1.98. The molecule has 8 heteroatoms. The van der Waals surface area contributed by atoms with Crippen LogP contribution in [0.3, 0.4) is 0 Å². The lowest BCUT2D eigenvalue weighted by Gasteiger charge is -1.99. The molecule has 21 heavy (non-hydrogen) atoms. The van der Waals surface area contributed by atoms with Gasteiger partial charge in [0.15, 0.2) is 5.82 Å². The molecule has 0 saturated heterocycles. The van der Waals surface area contributed by atoms with Gasteiger partial charge in [0.05, 0.1) is 16.1 Å². The van der Waals surface area contributed by atoms with Crippen molar-refractivity contribution in [3.8, 4) is 16.5 Å². The largest absolute Gasteiger partial charge is 0.506 e. The fourth-order valence-electron chi connectivity index (χ4n) is 1.69. The minimum absolute atomic E-state index is 0.0352. The van der Waals surface area contributed by atoms with E-state index < -0.39 is 0 Å². The van der Waals surface area contributed by atoms with E-state index in [0.29, 0.717) is 10.6 Å². The molecule has 0 aliphatic heterocycles. The van der Waals surface area contributed by atoms with Crippen molar-refractivity contribution >= 4 is 41.4 Å². The quantitative estimate of drug-likeness (QED) is 0.563. The van der Waals surface area contributed by atoms with Crippen LogP contribution in [-0.2, 0) is 0 Å². The molecule has 0 spiro atoms. The number of phenolic OH excluding ortho intramolecular Hbond substituents is 1. The van der Waals surface area contributed by atoms with Crippen molar-refractivity contribution in [1.29, 1.82) is 0 Å². The molecule has 0 radical (unpaired) electrons. The van der Waals surface area contributed by atoms with Crippen LogP contribution in [0.15, 0.2) is 40.8 Å². The number of aromatic nitrogens is 3. The highest BCUT2D eigenvalue weighted by molar-refractivity contribution is 7.71. The average molecular weight is 337 g/mol. The summed E-state index contributed by atoms with van der Waals surface area (Å²) in [4.78, 5) is 0.961. The molecule has 0 atom stereocenters. The molecular weight excluding hydrogens is 328 g/mol. The van der Waals surface area contributed by atoms with Gasteiger partial charge >= 0.3 is 0 Å². The maximum absolute atomic E-state index is 9.40. The predicted octanol–water partition coefficient (Wildman–Crippen LogP) is 3.91. The van der Waals surface area contributed by atoms with Crippen molar-refractivity contribution in [2.24, 2.45) is 5.10 Å². The summed E-state index contributed by atoms with van der Waals surface area (Å²) in [6.07, 6.45) is 1.60. The maximum Gasteiger partial charge on any atom is 0.216 e. The van der Waals surface area contributed by atoms with Gasteiger partial charge in [0.25, 0.3) is 0 Å². The summed E-state index contributed by atoms with van der Waals surface area (Å²) in [6, 6.07) is 8.72. The van der Waals surface area contributed by atoms with Gasteiger partial charge in [-0.05, 0) is 47.4 Å². The van der Waals surface area contributed by atoms with Gasteiger partial charge in [0.1, 0.15) is 5.75 Å². The van der Waals surface area contributed by atoms with E-state index in [4.69, 9.17) is 23.8 Å². The summed E-state index contributed by atoms with van der Waals surface area (Å²) in [6.45, 7) is 0. The summed E-state index contributed by atoms with van der Waals surface area (Å²) in [5.41, 5.74) is 0.748. The SMILES string of the molecule is Oc1ccc(/C=N\n2c(-c3cccs3)n[nH]c2=S)cc1Cl. The van der Waals surface area contributed by atoms with Crippen LogP contribution in [-0.4, -0.2) is 26.2 Å². The van der Waals surface area contributed by atoms with Crippen LogP contribution < -0.4 is 0 Å². The zero-order valence-corrected chi connectivity index (χ0v) is 12.9. The second-order valence-electron chi connectivity index (χ2n) is 4.10. The standard InChI is InChI=1S/C13H9ClN4OS2/c14-9-6-8(3-4-10(9)19)7-15-18-12(16-17-13(18)20)11-2-1-5-21-11/h1-7,19H,(H,17,20)/b15-7-. The number of H-pyrrole nitrogens is 1. The van der Waals surface area contributed by atoms with Crippen LogP contribution in [0.25, 0.3) is 10.7 Å². The van der Waals surface area contributed by atoms with Crippen molar-refractivity contribution in [3.05, 3.63) is 51.1 Å². The molecule has 2 heterocycles. The van der Waals surface area contributed by atoms with Gasteiger partial charge in [-0.1, -0.05) is 17.7 Å². The number of rotatable bonds is 3. The van der Waals surface area contributed by atoms with Crippen molar-refractivity contribution in [3.63, 3.8) is 0 Å². The van der Waals surface area contributed by atoms with Crippen LogP contribution in [0.1, 0.15) is 5.56 Å². The fourth-order valence-corrected chi connectivity index (χ4v) is 2.76. The topological polar surface area (TPSA) is 66.2 Å². The van der Waals surface area contributed by atoms with Gasteiger partial charge < -0.3 is 5.11 Å². The number of thiophene rings is 1. The Morgan fingerprint density at radius 3 is 3.00 bits per heavy atom. The first-order valence-electron chi connectivity index (χ1n) is 5.89. The highest BCUT2D eigenvalue weighted by atomic mass is 35.5. The molecule has 0 saturated carbocycles. The monoisotopic (exact) mass is 336 g/mol. The number of hydrogen-bond acceptors (Lipinski definition) is 5. The third-order valence-electron chi connectivity index (χ3n) is 2.69. The Morgan fingerprint density at radius 2 is 2.29 bits per heavy atom. The van der Waals surface area contributed by atoms with Gasteiger partial charge in [0.2, 0.25) is 4.77 Å². The van der Waals surface area contributed by atoms with Crippen molar-refractivity contribution in [2.45, 2.75) is 0 Å². The fraction of sp³-hybridized carbons (Fsp3) is 0. The van der Waals surface area contributed by atoms with Crippen LogP contribution >= 0.6 is 35.2 Å². The van der Waals surface area contributed by atoms with Crippen LogP contribution in [0, 0.1) is 4.77 Å².